The molecular formula is C20H25BrN4O. The highest BCUT2D eigenvalue weighted by Crippen LogP contribution is 2.23. The standard InChI is InChI=1S/C20H25BrN4O/c1-22-20(23-13-15-12-16(21)8-9-19(15)26-2)24-17-10-11-25(14-17)18-6-4-3-5-7-18/h3-9,12,17H,10-11,13-14H2,1-2H3,(H2,22,23,24). The van der Waals surface area contributed by atoms with Crippen molar-refractivity contribution in [2.45, 2.75) is 19.0 Å². The molecule has 2 aromatic rings. The summed E-state index contributed by atoms with van der Waals surface area (Å²) < 4.78 is 6.47. The van der Waals surface area contributed by atoms with E-state index in [0.29, 0.717) is 12.6 Å². The highest BCUT2D eigenvalue weighted by molar-refractivity contribution is 9.10. The van der Waals surface area contributed by atoms with Gasteiger partial charge in [0.2, 0.25) is 0 Å². The van der Waals surface area contributed by atoms with Gasteiger partial charge in [-0.25, -0.2) is 0 Å². The molecule has 1 aliphatic rings. The second kappa shape index (κ2) is 8.94. The van der Waals surface area contributed by atoms with Gasteiger partial charge in [-0.1, -0.05) is 34.1 Å². The first-order valence-electron chi connectivity index (χ1n) is 8.79. The van der Waals surface area contributed by atoms with Crippen LogP contribution in [0, 0.1) is 0 Å². The summed E-state index contributed by atoms with van der Waals surface area (Å²) in [5.74, 6) is 1.68. The summed E-state index contributed by atoms with van der Waals surface area (Å²) in [6.45, 7) is 2.68. The number of rotatable bonds is 5. The van der Waals surface area contributed by atoms with E-state index in [4.69, 9.17) is 4.74 Å². The number of benzene rings is 2. The molecule has 6 heteroatoms. The molecule has 2 aromatic carbocycles. The minimum absolute atomic E-state index is 0.380. The van der Waals surface area contributed by atoms with E-state index in [1.807, 2.05) is 12.1 Å². The highest BCUT2D eigenvalue weighted by Gasteiger charge is 2.23. The third kappa shape index (κ3) is 4.69. The van der Waals surface area contributed by atoms with E-state index in [1.54, 1.807) is 14.2 Å². The Balaban J connectivity index is 1.55. The van der Waals surface area contributed by atoms with Gasteiger partial charge in [-0.05, 0) is 36.8 Å². The van der Waals surface area contributed by atoms with E-state index in [9.17, 15) is 0 Å². The van der Waals surface area contributed by atoms with Gasteiger partial charge in [-0.15, -0.1) is 0 Å². The van der Waals surface area contributed by atoms with E-state index in [0.717, 1.165) is 41.3 Å². The number of ether oxygens (including phenoxy) is 1. The van der Waals surface area contributed by atoms with Crippen LogP contribution in [0.3, 0.4) is 0 Å². The fourth-order valence-electron chi connectivity index (χ4n) is 3.20. The van der Waals surface area contributed by atoms with Crippen LogP contribution in [0.5, 0.6) is 5.75 Å². The summed E-state index contributed by atoms with van der Waals surface area (Å²) in [5.41, 5.74) is 2.36. The molecule has 0 aliphatic carbocycles. The summed E-state index contributed by atoms with van der Waals surface area (Å²) in [6.07, 6.45) is 1.09. The topological polar surface area (TPSA) is 48.9 Å². The van der Waals surface area contributed by atoms with Crippen LogP contribution in [0.1, 0.15) is 12.0 Å². The lowest BCUT2D eigenvalue weighted by Gasteiger charge is -2.20. The molecule has 0 bridgehead atoms. The number of nitrogens with one attached hydrogen (secondary N) is 2. The van der Waals surface area contributed by atoms with Gasteiger partial charge in [0.05, 0.1) is 7.11 Å². The summed E-state index contributed by atoms with van der Waals surface area (Å²) in [4.78, 5) is 6.77. The molecule has 26 heavy (non-hydrogen) atoms. The van der Waals surface area contributed by atoms with Crippen molar-refractivity contribution in [3.05, 3.63) is 58.6 Å². The first-order chi connectivity index (χ1) is 12.7. The molecule has 2 N–H and O–H groups in total. The molecule has 0 aromatic heterocycles. The second-order valence-corrected chi connectivity index (χ2v) is 7.21. The van der Waals surface area contributed by atoms with Crippen LogP contribution in [0.2, 0.25) is 0 Å². The second-order valence-electron chi connectivity index (χ2n) is 6.29. The Morgan fingerprint density at radius 1 is 1.27 bits per heavy atom. The van der Waals surface area contributed by atoms with E-state index < -0.39 is 0 Å². The van der Waals surface area contributed by atoms with Crippen LogP contribution in [0.4, 0.5) is 5.69 Å². The average molecular weight is 417 g/mol. The summed E-state index contributed by atoms with van der Waals surface area (Å²) in [5, 5.41) is 6.92. The number of nitrogens with zero attached hydrogens (tertiary/aromatic N) is 2. The van der Waals surface area contributed by atoms with Crippen LogP contribution in [-0.4, -0.2) is 39.2 Å². The Morgan fingerprint density at radius 3 is 2.81 bits per heavy atom. The van der Waals surface area contributed by atoms with Crippen LogP contribution in [-0.2, 0) is 6.54 Å². The maximum atomic E-state index is 5.43. The van der Waals surface area contributed by atoms with E-state index in [-0.39, 0.29) is 0 Å². The van der Waals surface area contributed by atoms with Crippen molar-refractivity contribution in [3.8, 4) is 5.75 Å². The zero-order chi connectivity index (χ0) is 18.4. The van der Waals surface area contributed by atoms with E-state index in [1.165, 1.54) is 5.69 Å². The van der Waals surface area contributed by atoms with Gasteiger partial charge in [-0.2, -0.15) is 0 Å². The molecule has 0 spiro atoms. The molecule has 1 heterocycles. The molecule has 0 amide bonds. The van der Waals surface area contributed by atoms with Gasteiger partial charge in [0.1, 0.15) is 5.75 Å². The van der Waals surface area contributed by atoms with Crippen LogP contribution >= 0.6 is 15.9 Å². The average Bonchev–Trinajstić information content (AvgIpc) is 3.14. The minimum Gasteiger partial charge on any atom is -0.496 e. The van der Waals surface area contributed by atoms with Crippen molar-refractivity contribution in [3.63, 3.8) is 0 Å². The number of hydrogen-bond donors (Lipinski definition) is 2. The Morgan fingerprint density at radius 2 is 2.08 bits per heavy atom. The lowest BCUT2D eigenvalue weighted by atomic mass is 10.2. The predicted molar refractivity (Wildman–Crippen MR) is 111 cm³/mol. The van der Waals surface area contributed by atoms with Gasteiger partial charge >= 0.3 is 0 Å². The third-order valence-electron chi connectivity index (χ3n) is 4.56. The highest BCUT2D eigenvalue weighted by atomic mass is 79.9. The third-order valence-corrected chi connectivity index (χ3v) is 5.06. The van der Waals surface area contributed by atoms with Crippen molar-refractivity contribution < 1.29 is 4.74 Å². The van der Waals surface area contributed by atoms with Crippen molar-refractivity contribution in [2.24, 2.45) is 4.99 Å². The van der Waals surface area contributed by atoms with Crippen molar-refractivity contribution in [1.29, 1.82) is 0 Å². The smallest absolute Gasteiger partial charge is 0.191 e. The Labute approximate surface area is 163 Å². The van der Waals surface area contributed by atoms with Gasteiger partial charge < -0.3 is 20.3 Å². The molecule has 1 saturated heterocycles. The normalized spacial score (nSPS) is 17.3. The number of hydrogen-bond acceptors (Lipinski definition) is 3. The number of methoxy groups -OCH3 is 1. The molecule has 1 atom stereocenters. The molecule has 138 valence electrons. The molecule has 3 rings (SSSR count). The van der Waals surface area contributed by atoms with Crippen LogP contribution < -0.4 is 20.3 Å². The van der Waals surface area contributed by atoms with Crippen molar-refractivity contribution in [2.75, 3.05) is 32.1 Å². The van der Waals surface area contributed by atoms with E-state index >= 15 is 0 Å². The zero-order valence-corrected chi connectivity index (χ0v) is 16.8. The SMILES string of the molecule is CN=C(NCc1cc(Br)ccc1OC)NC1CCN(c2ccccc2)C1. The molecule has 1 aliphatic heterocycles. The van der Waals surface area contributed by atoms with E-state index in [2.05, 4.69) is 72.9 Å². The number of anilines is 1. The lowest BCUT2D eigenvalue weighted by molar-refractivity contribution is 0.409. The quantitative estimate of drug-likeness (QED) is 0.579. The summed E-state index contributed by atoms with van der Waals surface area (Å²) >= 11 is 3.51. The zero-order valence-electron chi connectivity index (χ0n) is 15.2. The largest absolute Gasteiger partial charge is 0.496 e. The van der Waals surface area contributed by atoms with Crippen LogP contribution in [0.15, 0.2) is 58.0 Å². The molecule has 5 nitrogen and oxygen atoms in total. The maximum Gasteiger partial charge on any atom is 0.191 e. The Kier molecular flexibility index (Phi) is 6.39. The maximum absolute atomic E-state index is 5.43. The van der Waals surface area contributed by atoms with Crippen molar-refractivity contribution >= 4 is 27.6 Å². The summed E-state index contributed by atoms with van der Waals surface area (Å²) in [7, 11) is 3.49. The van der Waals surface area contributed by atoms with Gasteiger partial charge in [-0.3, -0.25) is 4.99 Å². The fraction of sp³-hybridized carbons (Fsp3) is 0.350. The minimum atomic E-state index is 0.380. The fourth-order valence-corrected chi connectivity index (χ4v) is 3.61. The number of guanidine groups is 1. The molecule has 1 unspecified atom stereocenters. The Bertz CT molecular complexity index is 751. The monoisotopic (exact) mass is 416 g/mol. The number of halogens is 1. The van der Waals surface area contributed by atoms with Gasteiger partial charge in [0.15, 0.2) is 5.96 Å². The van der Waals surface area contributed by atoms with Crippen LogP contribution in [0.25, 0.3) is 0 Å². The first kappa shape index (κ1) is 18.6. The molecule has 0 saturated carbocycles. The number of aliphatic imine (C=N–C) groups is 1. The summed E-state index contributed by atoms with van der Waals surface area (Å²) in [6, 6.07) is 16.9. The predicted octanol–water partition coefficient (Wildman–Crippen LogP) is 3.40. The molecular weight excluding hydrogens is 392 g/mol. The lowest BCUT2D eigenvalue weighted by Crippen LogP contribution is -2.44. The Hall–Kier alpha value is -2.21. The van der Waals surface area contributed by atoms with Gasteiger partial charge in [0.25, 0.3) is 0 Å². The molecule has 1 fully saturated rings. The number of para-hydroxylation sites is 1. The molecule has 0 radical (unpaired) electrons. The van der Waals surface area contributed by atoms with Gasteiger partial charge in [0, 0.05) is 48.4 Å². The van der Waals surface area contributed by atoms with Crippen molar-refractivity contribution in [1.82, 2.24) is 10.6 Å². The first-order valence-corrected chi connectivity index (χ1v) is 9.58.